The van der Waals surface area contributed by atoms with Crippen LogP contribution in [0.3, 0.4) is 0 Å². The molecule has 2 aromatic carbocycles. The molecule has 3 aromatic heterocycles. The first-order valence-corrected chi connectivity index (χ1v) is 13.5. The predicted molar refractivity (Wildman–Crippen MR) is 157 cm³/mol. The van der Waals surface area contributed by atoms with Crippen LogP contribution >= 0.6 is 0 Å². The van der Waals surface area contributed by atoms with Gasteiger partial charge in [-0.2, -0.15) is 0 Å². The molecule has 3 heterocycles. The van der Waals surface area contributed by atoms with E-state index < -0.39 is 17.2 Å². The number of imidazole rings is 1. The molecule has 0 radical (unpaired) electrons. The summed E-state index contributed by atoms with van der Waals surface area (Å²) in [4.78, 5) is 26.9. The topological polar surface area (TPSA) is 108 Å². The molecule has 0 unspecified atom stereocenters. The highest BCUT2D eigenvalue weighted by atomic mass is 16.6. The lowest BCUT2D eigenvalue weighted by Gasteiger charge is -2.43. The zero-order valence-corrected chi connectivity index (χ0v) is 22.9. The molecular formula is C32H32N6O2. The summed E-state index contributed by atoms with van der Waals surface area (Å²) in [6.07, 6.45) is 4.03. The van der Waals surface area contributed by atoms with Crippen LogP contribution in [0.4, 0.5) is 10.6 Å². The molecule has 1 amide bonds. The molecule has 8 heteroatoms. The van der Waals surface area contributed by atoms with E-state index in [0.29, 0.717) is 11.6 Å². The Balaban J connectivity index is 1.44. The van der Waals surface area contributed by atoms with E-state index >= 15 is 0 Å². The van der Waals surface area contributed by atoms with Crippen LogP contribution in [0.2, 0.25) is 0 Å². The first-order valence-electron chi connectivity index (χ1n) is 13.5. The van der Waals surface area contributed by atoms with Crippen molar-refractivity contribution >= 4 is 23.1 Å². The number of benzene rings is 2. The average Bonchev–Trinajstić information content (AvgIpc) is 3.29. The number of hydrogen-bond acceptors (Lipinski definition) is 6. The van der Waals surface area contributed by atoms with Crippen molar-refractivity contribution in [1.82, 2.24) is 24.8 Å². The van der Waals surface area contributed by atoms with E-state index in [1.165, 1.54) is 0 Å². The maximum atomic E-state index is 12.7. The number of ether oxygens (including phenoxy) is 1. The Bertz CT molecular complexity index is 1680. The van der Waals surface area contributed by atoms with Crippen molar-refractivity contribution in [3.8, 4) is 28.3 Å². The number of aromatic nitrogens is 4. The number of carbonyl (C=O) groups excluding carboxylic acids is 1. The van der Waals surface area contributed by atoms with Crippen molar-refractivity contribution in [1.29, 1.82) is 0 Å². The number of nitrogens with two attached hydrogens (primary N) is 1. The van der Waals surface area contributed by atoms with Gasteiger partial charge in [0.05, 0.1) is 16.8 Å². The summed E-state index contributed by atoms with van der Waals surface area (Å²) in [5, 5.41) is 3.14. The SMILES string of the molecule is CC(C)(C)OC(=O)NC1(c2ccc(-n3c(-c4cccnc4N)nc4ccc(-c5ccccc5)nc43)cc2)CCC1. The van der Waals surface area contributed by atoms with Gasteiger partial charge in [-0.25, -0.2) is 19.7 Å². The van der Waals surface area contributed by atoms with Gasteiger partial charge in [0.25, 0.3) is 0 Å². The summed E-state index contributed by atoms with van der Waals surface area (Å²) >= 11 is 0. The van der Waals surface area contributed by atoms with Gasteiger partial charge in [-0.1, -0.05) is 42.5 Å². The van der Waals surface area contributed by atoms with Crippen LogP contribution < -0.4 is 11.1 Å². The molecule has 0 atom stereocenters. The van der Waals surface area contributed by atoms with Crippen LogP contribution in [0.25, 0.3) is 39.5 Å². The van der Waals surface area contributed by atoms with E-state index in [4.69, 9.17) is 20.4 Å². The molecule has 6 rings (SSSR count). The Morgan fingerprint density at radius 2 is 1.70 bits per heavy atom. The second-order valence-corrected chi connectivity index (χ2v) is 11.2. The van der Waals surface area contributed by atoms with Gasteiger partial charge in [-0.05, 0) is 82.0 Å². The van der Waals surface area contributed by atoms with Crippen molar-refractivity contribution in [3.63, 3.8) is 0 Å². The molecule has 5 aromatic rings. The molecule has 0 saturated heterocycles. The average molecular weight is 533 g/mol. The lowest BCUT2D eigenvalue weighted by molar-refractivity contribution is 0.0377. The van der Waals surface area contributed by atoms with Crippen LogP contribution in [-0.4, -0.2) is 31.2 Å². The number of carbonyl (C=O) groups is 1. The molecule has 202 valence electrons. The van der Waals surface area contributed by atoms with Crippen molar-refractivity contribution < 1.29 is 9.53 Å². The molecule has 1 saturated carbocycles. The van der Waals surface area contributed by atoms with E-state index in [-0.39, 0.29) is 0 Å². The smallest absolute Gasteiger partial charge is 0.408 e. The van der Waals surface area contributed by atoms with Gasteiger partial charge in [0.15, 0.2) is 11.5 Å². The third-order valence-corrected chi connectivity index (χ3v) is 7.28. The van der Waals surface area contributed by atoms with Crippen LogP contribution in [0.15, 0.2) is 85.1 Å². The fourth-order valence-electron chi connectivity index (χ4n) is 5.20. The minimum Gasteiger partial charge on any atom is -0.444 e. The zero-order valence-electron chi connectivity index (χ0n) is 22.9. The van der Waals surface area contributed by atoms with Crippen LogP contribution in [0, 0.1) is 0 Å². The molecule has 0 aliphatic heterocycles. The fourth-order valence-corrected chi connectivity index (χ4v) is 5.20. The van der Waals surface area contributed by atoms with Gasteiger partial charge in [0.2, 0.25) is 0 Å². The second kappa shape index (κ2) is 9.79. The summed E-state index contributed by atoms with van der Waals surface area (Å²) in [6, 6.07) is 26.0. The molecule has 8 nitrogen and oxygen atoms in total. The normalized spacial score (nSPS) is 14.5. The van der Waals surface area contributed by atoms with E-state index in [1.54, 1.807) is 6.20 Å². The van der Waals surface area contributed by atoms with Crippen molar-refractivity contribution in [2.75, 3.05) is 5.73 Å². The summed E-state index contributed by atoms with van der Waals surface area (Å²) in [5.41, 5.74) is 11.3. The number of nitrogens with one attached hydrogen (secondary N) is 1. The standard InChI is InChI=1S/C32H32N6O2/c1-31(2,3)40-30(39)37-32(18-8-19-32)22-12-14-23(15-13-22)38-28(24-11-7-20-34-27(24)33)36-26-17-16-25(35-29(26)38)21-9-5-4-6-10-21/h4-7,9-17,20H,8,18-19H2,1-3H3,(H2,33,34)(H,37,39). The quantitative estimate of drug-likeness (QED) is 0.263. The summed E-state index contributed by atoms with van der Waals surface area (Å²) in [6.45, 7) is 5.61. The number of amides is 1. The van der Waals surface area contributed by atoms with E-state index in [0.717, 1.165) is 58.5 Å². The number of fused-ring (bicyclic) bond motifs is 1. The van der Waals surface area contributed by atoms with Crippen molar-refractivity contribution in [3.05, 3.63) is 90.6 Å². The summed E-state index contributed by atoms with van der Waals surface area (Å²) in [7, 11) is 0. The summed E-state index contributed by atoms with van der Waals surface area (Å²) < 4.78 is 7.58. The fraction of sp³-hybridized carbons (Fsp3) is 0.250. The number of nitrogen functional groups attached to an aromatic ring is 1. The van der Waals surface area contributed by atoms with E-state index in [1.807, 2.05) is 92.1 Å². The third-order valence-electron chi connectivity index (χ3n) is 7.28. The number of nitrogens with zero attached hydrogens (tertiary/aromatic N) is 4. The molecule has 1 fully saturated rings. The number of rotatable bonds is 5. The molecule has 1 aliphatic carbocycles. The zero-order chi connectivity index (χ0) is 27.9. The van der Waals surface area contributed by atoms with Gasteiger partial charge >= 0.3 is 6.09 Å². The number of anilines is 1. The van der Waals surface area contributed by atoms with Gasteiger partial charge in [0.1, 0.15) is 16.9 Å². The Kier molecular flexibility index (Phi) is 6.25. The Labute approximate surface area is 233 Å². The van der Waals surface area contributed by atoms with E-state index in [2.05, 4.69) is 22.4 Å². The highest BCUT2D eigenvalue weighted by Gasteiger charge is 2.41. The first-order chi connectivity index (χ1) is 19.2. The minimum absolute atomic E-state index is 0.397. The lowest BCUT2D eigenvalue weighted by Crippen LogP contribution is -2.52. The molecule has 0 spiro atoms. The van der Waals surface area contributed by atoms with Crippen LogP contribution in [-0.2, 0) is 10.3 Å². The largest absolute Gasteiger partial charge is 0.444 e. The Hall–Kier alpha value is -4.72. The van der Waals surface area contributed by atoms with Crippen LogP contribution in [0.1, 0.15) is 45.6 Å². The maximum Gasteiger partial charge on any atom is 0.408 e. The Morgan fingerprint density at radius 3 is 2.35 bits per heavy atom. The molecule has 40 heavy (non-hydrogen) atoms. The highest BCUT2D eigenvalue weighted by molar-refractivity contribution is 5.84. The second-order valence-electron chi connectivity index (χ2n) is 11.2. The molecule has 3 N–H and O–H groups in total. The van der Waals surface area contributed by atoms with Crippen LogP contribution in [0.5, 0.6) is 0 Å². The summed E-state index contributed by atoms with van der Waals surface area (Å²) in [5.74, 6) is 1.06. The number of alkyl carbamates (subject to hydrolysis) is 1. The Morgan fingerprint density at radius 1 is 0.950 bits per heavy atom. The highest BCUT2D eigenvalue weighted by Crippen LogP contribution is 2.42. The molecular weight excluding hydrogens is 500 g/mol. The van der Waals surface area contributed by atoms with Gasteiger partial charge in [0, 0.05) is 17.4 Å². The minimum atomic E-state index is -0.558. The third kappa shape index (κ3) is 4.77. The number of pyridine rings is 2. The van der Waals surface area contributed by atoms with Gasteiger partial charge in [-0.3, -0.25) is 4.57 Å². The molecule has 0 bridgehead atoms. The van der Waals surface area contributed by atoms with Crippen molar-refractivity contribution in [2.24, 2.45) is 0 Å². The lowest BCUT2D eigenvalue weighted by atomic mass is 9.72. The van der Waals surface area contributed by atoms with E-state index in [9.17, 15) is 4.79 Å². The van der Waals surface area contributed by atoms with Gasteiger partial charge < -0.3 is 15.8 Å². The number of hydrogen-bond donors (Lipinski definition) is 2. The monoisotopic (exact) mass is 532 g/mol. The maximum absolute atomic E-state index is 12.7. The molecule has 1 aliphatic rings. The van der Waals surface area contributed by atoms with Crippen molar-refractivity contribution in [2.45, 2.75) is 51.2 Å². The predicted octanol–water partition coefficient (Wildman–Crippen LogP) is 6.64. The van der Waals surface area contributed by atoms with Gasteiger partial charge in [-0.15, -0.1) is 0 Å². The first kappa shape index (κ1) is 25.6.